The molecular formula is C17H18FNO3. The fourth-order valence-electron chi connectivity index (χ4n) is 2.14. The summed E-state index contributed by atoms with van der Waals surface area (Å²) in [7, 11) is 3.15. The Balaban J connectivity index is 2.19. The van der Waals surface area contributed by atoms with Crippen molar-refractivity contribution in [3.63, 3.8) is 0 Å². The van der Waals surface area contributed by atoms with Gasteiger partial charge in [-0.15, -0.1) is 0 Å². The van der Waals surface area contributed by atoms with Crippen LogP contribution in [0.2, 0.25) is 0 Å². The predicted octanol–water partition coefficient (Wildman–Crippen LogP) is 3.33. The summed E-state index contributed by atoms with van der Waals surface area (Å²) in [5.74, 6) is 0.683. The Hall–Kier alpha value is -2.56. The maximum Gasteiger partial charge on any atom is 0.251 e. The van der Waals surface area contributed by atoms with Gasteiger partial charge in [0, 0.05) is 11.1 Å². The van der Waals surface area contributed by atoms with Gasteiger partial charge in [0.05, 0.1) is 20.3 Å². The Bertz CT molecular complexity index is 655. The molecule has 2 aromatic carbocycles. The summed E-state index contributed by atoms with van der Waals surface area (Å²) in [6.45, 7) is 1.85. The van der Waals surface area contributed by atoms with E-state index in [2.05, 4.69) is 5.32 Å². The first-order chi connectivity index (χ1) is 10.5. The number of halogens is 1. The molecule has 0 aliphatic carbocycles. The van der Waals surface area contributed by atoms with Crippen molar-refractivity contribution in [2.45, 2.75) is 13.0 Å². The van der Waals surface area contributed by atoms with Gasteiger partial charge >= 0.3 is 0 Å². The normalized spacial score (nSPS) is 11.6. The van der Waals surface area contributed by atoms with Crippen LogP contribution in [0.1, 0.15) is 28.9 Å². The van der Waals surface area contributed by atoms with E-state index in [1.807, 2.05) is 13.0 Å². The van der Waals surface area contributed by atoms with Gasteiger partial charge in [-0.25, -0.2) is 4.39 Å². The number of carbonyl (C=O) groups is 1. The van der Waals surface area contributed by atoms with Crippen molar-refractivity contribution in [2.24, 2.45) is 0 Å². The molecule has 0 radical (unpaired) electrons. The lowest BCUT2D eigenvalue weighted by Crippen LogP contribution is -2.27. The average Bonchev–Trinajstić information content (AvgIpc) is 2.54. The van der Waals surface area contributed by atoms with Gasteiger partial charge in [-0.2, -0.15) is 0 Å². The van der Waals surface area contributed by atoms with Crippen LogP contribution in [0.3, 0.4) is 0 Å². The topological polar surface area (TPSA) is 47.6 Å². The number of carbonyl (C=O) groups excluding carboxylic acids is 1. The van der Waals surface area contributed by atoms with Gasteiger partial charge in [-0.1, -0.05) is 0 Å². The Morgan fingerprint density at radius 3 is 2.36 bits per heavy atom. The van der Waals surface area contributed by atoms with E-state index in [1.54, 1.807) is 26.4 Å². The molecule has 0 heterocycles. The number of methoxy groups -OCH3 is 2. The third-order valence-electron chi connectivity index (χ3n) is 3.36. The van der Waals surface area contributed by atoms with Crippen molar-refractivity contribution >= 4 is 5.91 Å². The minimum absolute atomic E-state index is 0.280. The second-order valence-electron chi connectivity index (χ2n) is 4.81. The summed E-state index contributed by atoms with van der Waals surface area (Å²) in [6.07, 6.45) is 0. The Kier molecular flexibility index (Phi) is 4.99. The standard InChI is InChI=1S/C17H18FNO3/c1-11(15-10-14(21-2)8-9-16(15)22-3)19-17(20)12-4-6-13(18)7-5-12/h4-11H,1-3H3,(H,19,20). The molecule has 0 aliphatic rings. The van der Waals surface area contributed by atoms with Crippen molar-refractivity contribution < 1.29 is 18.7 Å². The highest BCUT2D eigenvalue weighted by molar-refractivity contribution is 5.94. The molecule has 0 bridgehead atoms. The lowest BCUT2D eigenvalue weighted by Gasteiger charge is -2.18. The Labute approximate surface area is 128 Å². The van der Waals surface area contributed by atoms with Crippen molar-refractivity contribution in [3.8, 4) is 11.5 Å². The van der Waals surface area contributed by atoms with Crippen molar-refractivity contribution in [1.82, 2.24) is 5.32 Å². The van der Waals surface area contributed by atoms with E-state index in [0.717, 1.165) is 5.56 Å². The fraction of sp³-hybridized carbons (Fsp3) is 0.235. The van der Waals surface area contributed by atoms with Crippen molar-refractivity contribution in [3.05, 3.63) is 59.4 Å². The van der Waals surface area contributed by atoms with E-state index in [-0.39, 0.29) is 17.8 Å². The number of benzene rings is 2. The van der Waals surface area contributed by atoms with Gasteiger partial charge in [-0.3, -0.25) is 4.79 Å². The Morgan fingerprint density at radius 2 is 1.77 bits per heavy atom. The van der Waals surface area contributed by atoms with E-state index >= 15 is 0 Å². The lowest BCUT2D eigenvalue weighted by molar-refractivity contribution is 0.0939. The molecule has 5 heteroatoms. The van der Waals surface area contributed by atoms with Crippen molar-refractivity contribution in [1.29, 1.82) is 0 Å². The average molecular weight is 303 g/mol. The SMILES string of the molecule is COc1ccc(OC)c(C(C)NC(=O)c2ccc(F)cc2)c1. The van der Waals surface area contributed by atoms with Gasteiger partial charge in [0.25, 0.3) is 5.91 Å². The summed E-state index contributed by atoms with van der Waals surface area (Å²) >= 11 is 0. The zero-order valence-corrected chi connectivity index (χ0v) is 12.7. The molecule has 1 unspecified atom stereocenters. The quantitative estimate of drug-likeness (QED) is 0.921. The highest BCUT2D eigenvalue weighted by atomic mass is 19.1. The van der Waals surface area contributed by atoms with Crippen LogP contribution in [0.5, 0.6) is 11.5 Å². The third-order valence-corrected chi connectivity index (χ3v) is 3.36. The molecule has 1 N–H and O–H groups in total. The van der Waals surface area contributed by atoms with Crippen LogP contribution in [0, 0.1) is 5.82 Å². The molecule has 0 spiro atoms. The van der Waals surface area contributed by atoms with E-state index in [1.165, 1.54) is 24.3 Å². The molecule has 0 fully saturated rings. The molecule has 0 saturated heterocycles. The first-order valence-electron chi connectivity index (χ1n) is 6.83. The molecule has 2 aromatic rings. The van der Waals surface area contributed by atoms with Crippen LogP contribution in [0.4, 0.5) is 4.39 Å². The minimum atomic E-state index is -0.376. The zero-order chi connectivity index (χ0) is 16.1. The summed E-state index contributed by atoms with van der Waals surface area (Å²) in [4.78, 5) is 12.2. The lowest BCUT2D eigenvalue weighted by atomic mass is 10.1. The number of hydrogen-bond acceptors (Lipinski definition) is 3. The summed E-state index contributed by atoms with van der Waals surface area (Å²) in [5, 5.41) is 2.86. The van der Waals surface area contributed by atoms with E-state index < -0.39 is 0 Å². The zero-order valence-electron chi connectivity index (χ0n) is 12.7. The molecule has 22 heavy (non-hydrogen) atoms. The number of ether oxygens (including phenoxy) is 2. The maximum absolute atomic E-state index is 12.9. The summed E-state index contributed by atoms with van der Waals surface area (Å²) < 4.78 is 23.4. The molecule has 1 amide bonds. The van der Waals surface area contributed by atoms with E-state index in [0.29, 0.717) is 17.1 Å². The van der Waals surface area contributed by atoms with Gasteiger partial charge < -0.3 is 14.8 Å². The summed E-state index contributed by atoms with van der Waals surface area (Å²) in [5.41, 5.74) is 1.20. The number of amides is 1. The molecule has 0 aromatic heterocycles. The minimum Gasteiger partial charge on any atom is -0.497 e. The first-order valence-corrected chi connectivity index (χ1v) is 6.83. The van der Waals surface area contributed by atoms with Gasteiger partial charge in [-0.05, 0) is 49.4 Å². The van der Waals surface area contributed by atoms with Crippen LogP contribution in [0.15, 0.2) is 42.5 Å². The smallest absolute Gasteiger partial charge is 0.251 e. The fourth-order valence-corrected chi connectivity index (χ4v) is 2.14. The second-order valence-corrected chi connectivity index (χ2v) is 4.81. The predicted molar refractivity (Wildman–Crippen MR) is 81.8 cm³/mol. The van der Waals surface area contributed by atoms with Gasteiger partial charge in [0.2, 0.25) is 0 Å². The van der Waals surface area contributed by atoms with Gasteiger partial charge in [0.1, 0.15) is 17.3 Å². The monoisotopic (exact) mass is 303 g/mol. The van der Waals surface area contributed by atoms with Crippen LogP contribution in [0.25, 0.3) is 0 Å². The summed E-state index contributed by atoms with van der Waals surface area (Å²) in [6, 6.07) is 10.5. The highest BCUT2D eigenvalue weighted by Crippen LogP contribution is 2.29. The molecular weight excluding hydrogens is 285 g/mol. The molecule has 2 rings (SSSR count). The molecule has 4 nitrogen and oxygen atoms in total. The van der Waals surface area contributed by atoms with Crippen LogP contribution in [-0.2, 0) is 0 Å². The second kappa shape index (κ2) is 6.93. The van der Waals surface area contributed by atoms with Crippen LogP contribution >= 0.6 is 0 Å². The van der Waals surface area contributed by atoms with E-state index in [9.17, 15) is 9.18 Å². The number of nitrogens with one attached hydrogen (secondary N) is 1. The van der Waals surface area contributed by atoms with Crippen molar-refractivity contribution in [2.75, 3.05) is 14.2 Å². The first kappa shape index (κ1) is 15.8. The molecule has 0 aliphatic heterocycles. The number of rotatable bonds is 5. The highest BCUT2D eigenvalue weighted by Gasteiger charge is 2.16. The molecule has 0 saturated carbocycles. The molecule has 116 valence electrons. The largest absolute Gasteiger partial charge is 0.497 e. The molecule has 1 atom stereocenters. The maximum atomic E-state index is 12.9. The van der Waals surface area contributed by atoms with E-state index in [4.69, 9.17) is 9.47 Å². The number of hydrogen-bond donors (Lipinski definition) is 1. The third kappa shape index (κ3) is 3.55. The van der Waals surface area contributed by atoms with Crippen LogP contribution in [-0.4, -0.2) is 20.1 Å². The Morgan fingerprint density at radius 1 is 1.09 bits per heavy atom. The van der Waals surface area contributed by atoms with Crippen LogP contribution < -0.4 is 14.8 Å². The van der Waals surface area contributed by atoms with Gasteiger partial charge in [0.15, 0.2) is 0 Å².